The smallest absolute Gasteiger partial charge is 0.272 e. The lowest BCUT2D eigenvalue weighted by atomic mass is 10.1. The van der Waals surface area contributed by atoms with Crippen molar-refractivity contribution in [3.05, 3.63) is 32.3 Å². The van der Waals surface area contributed by atoms with Crippen molar-refractivity contribution < 1.29 is 9.66 Å². The summed E-state index contributed by atoms with van der Waals surface area (Å²) in [5, 5.41) is 10.7. The lowest BCUT2D eigenvalue weighted by Gasteiger charge is -2.20. The van der Waals surface area contributed by atoms with Gasteiger partial charge in [-0.3, -0.25) is 10.1 Å². The largest absolute Gasteiger partial charge is 0.489 e. The topological polar surface area (TPSA) is 78.4 Å². The summed E-state index contributed by atoms with van der Waals surface area (Å²) in [5.41, 5.74) is 5.01. The van der Waals surface area contributed by atoms with Crippen LogP contribution in [0.3, 0.4) is 0 Å². The first kappa shape index (κ1) is 14.0. The zero-order chi connectivity index (χ0) is 13.2. The number of hydrogen-bond donors (Lipinski definition) is 1. The van der Waals surface area contributed by atoms with Gasteiger partial charge in [0.15, 0.2) is 5.75 Å². The monoisotopic (exact) mass is 278 g/mol. The molecule has 7 heteroatoms. The van der Waals surface area contributed by atoms with Crippen LogP contribution in [0.15, 0.2) is 12.1 Å². The number of non-ortho nitro benzene ring substituents is 1. The molecule has 0 aromatic heterocycles. The minimum Gasteiger partial charge on any atom is -0.489 e. The summed E-state index contributed by atoms with van der Waals surface area (Å²) in [6, 6.07) is 2.37. The molecule has 5 nitrogen and oxygen atoms in total. The van der Waals surface area contributed by atoms with Gasteiger partial charge in [0.05, 0.1) is 15.0 Å². The van der Waals surface area contributed by atoms with E-state index in [-0.39, 0.29) is 28.1 Å². The van der Waals surface area contributed by atoms with E-state index in [1.54, 1.807) is 13.8 Å². The summed E-state index contributed by atoms with van der Waals surface area (Å²) in [7, 11) is 0. The van der Waals surface area contributed by atoms with Crippen LogP contribution in [0.1, 0.15) is 13.8 Å². The summed E-state index contributed by atoms with van der Waals surface area (Å²) < 4.78 is 5.36. The minimum atomic E-state index is -0.575. The van der Waals surface area contributed by atoms with Crippen LogP contribution in [0, 0.1) is 10.1 Å². The molecule has 0 saturated carbocycles. The second kappa shape index (κ2) is 5.08. The maximum absolute atomic E-state index is 10.6. The van der Waals surface area contributed by atoms with Crippen LogP contribution in [0.5, 0.6) is 5.75 Å². The van der Waals surface area contributed by atoms with Crippen molar-refractivity contribution in [1.82, 2.24) is 0 Å². The van der Waals surface area contributed by atoms with Gasteiger partial charge in [0.2, 0.25) is 0 Å². The Kier molecular flexibility index (Phi) is 4.19. The fourth-order valence-corrected chi connectivity index (χ4v) is 1.63. The lowest BCUT2D eigenvalue weighted by molar-refractivity contribution is -0.384. The SMILES string of the molecule is CC(C)(N)COc1c(Cl)cc([N+](=O)[O-])cc1Cl. The summed E-state index contributed by atoms with van der Waals surface area (Å²) in [5.74, 6) is 0.206. The van der Waals surface area contributed by atoms with E-state index in [0.29, 0.717) is 0 Å². The van der Waals surface area contributed by atoms with Crippen molar-refractivity contribution in [3.8, 4) is 5.75 Å². The first-order chi connectivity index (χ1) is 7.70. The Hall–Kier alpha value is -1.04. The van der Waals surface area contributed by atoms with Gasteiger partial charge in [-0.2, -0.15) is 0 Å². The van der Waals surface area contributed by atoms with Gasteiger partial charge in [0.1, 0.15) is 6.61 Å². The molecule has 1 aromatic carbocycles. The van der Waals surface area contributed by atoms with Gasteiger partial charge in [-0.05, 0) is 13.8 Å². The zero-order valence-electron chi connectivity index (χ0n) is 9.37. The third-order valence-corrected chi connectivity index (χ3v) is 2.34. The third kappa shape index (κ3) is 4.03. The Balaban J connectivity index is 2.98. The van der Waals surface area contributed by atoms with Gasteiger partial charge in [0.25, 0.3) is 5.69 Å². The van der Waals surface area contributed by atoms with Crippen LogP contribution in [0.2, 0.25) is 10.0 Å². The molecule has 17 heavy (non-hydrogen) atoms. The van der Waals surface area contributed by atoms with Crippen LogP contribution >= 0.6 is 23.2 Å². The van der Waals surface area contributed by atoms with E-state index in [9.17, 15) is 10.1 Å². The number of halogens is 2. The number of nitro benzene ring substituents is 1. The number of benzene rings is 1. The Labute approximate surface area is 109 Å². The first-order valence-electron chi connectivity index (χ1n) is 4.76. The number of ether oxygens (including phenoxy) is 1. The fraction of sp³-hybridized carbons (Fsp3) is 0.400. The molecule has 0 aliphatic heterocycles. The maximum Gasteiger partial charge on any atom is 0.272 e. The van der Waals surface area contributed by atoms with Crippen LogP contribution in [0.25, 0.3) is 0 Å². The van der Waals surface area contributed by atoms with E-state index in [4.69, 9.17) is 33.7 Å². The van der Waals surface area contributed by atoms with Crippen LogP contribution in [-0.2, 0) is 0 Å². The summed E-state index contributed by atoms with van der Waals surface area (Å²) in [4.78, 5) is 9.99. The minimum absolute atomic E-state index is 0.0912. The molecular formula is C10H12Cl2N2O3. The van der Waals surface area contributed by atoms with Gasteiger partial charge >= 0.3 is 0 Å². The van der Waals surface area contributed by atoms with Gasteiger partial charge in [-0.15, -0.1) is 0 Å². The lowest BCUT2D eigenvalue weighted by Crippen LogP contribution is -2.38. The predicted octanol–water partition coefficient (Wildman–Crippen LogP) is 3.02. The van der Waals surface area contributed by atoms with E-state index >= 15 is 0 Å². The molecule has 0 aliphatic carbocycles. The van der Waals surface area contributed by atoms with Crippen molar-refractivity contribution in [3.63, 3.8) is 0 Å². The molecule has 0 spiro atoms. The molecule has 0 amide bonds. The molecule has 0 bridgehead atoms. The van der Waals surface area contributed by atoms with Crippen LogP contribution < -0.4 is 10.5 Å². The molecule has 0 fully saturated rings. The number of hydrogen-bond acceptors (Lipinski definition) is 4. The number of nitrogens with two attached hydrogens (primary N) is 1. The highest BCUT2D eigenvalue weighted by Crippen LogP contribution is 2.36. The predicted molar refractivity (Wildman–Crippen MR) is 66.9 cm³/mol. The second-order valence-corrected chi connectivity index (χ2v) is 5.09. The molecule has 0 radical (unpaired) electrons. The highest BCUT2D eigenvalue weighted by atomic mass is 35.5. The van der Waals surface area contributed by atoms with Crippen LogP contribution in [0.4, 0.5) is 5.69 Å². The Morgan fingerprint density at radius 3 is 2.24 bits per heavy atom. The normalized spacial score (nSPS) is 11.4. The standard InChI is InChI=1S/C10H12Cl2N2O3/c1-10(2,13)5-17-9-7(11)3-6(14(15)16)4-8(9)12/h3-4H,5,13H2,1-2H3. The van der Waals surface area contributed by atoms with Crippen molar-refractivity contribution in [2.75, 3.05) is 6.61 Å². The summed E-state index contributed by atoms with van der Waals surface area (Å²) in [6.07, 6.45) is 0. The van der Waals surface area contributed by atoms with Crippen molar-refractivity contribution in [2.45, 2.75) is 19.4 Å². The fourth-order valence-electron chi connectivity index (χ4n) is 1.05. The first-order valence-corrected chi connectivity index (χ1v) is 5.51. The number of nitrogens with zero attached hydrogens (tertiary/aromatic N) is 1. The summed E-state index contributed by atoms with van der Waals surface area (Å²) >= 11 is 11.7. The van der Waals surface area contributed by atoms with E-state index in [1.165, 1.54) is 12.1 Å². The van der Waals surface area contributed by atoms with E-state index < -0.39 is 10.5 Å². The van der Waals surface area contributed by atoms with E-state index in [2.05, 4.69) is 0 Å². The molecule has 2 N–H and O–H groups in total. The average molecular weight is 279 g/mol. The van der Waals surface area contributed by atoms with Gasteiger partial charge in [-0.25, -0.2) is 0 Å². The van der Waals surface area contributed by atoms with Gasteiger partial charge in [0, 0.05) is 17.7 Å². The molecule has 0 aliphatic rings. The quantitative estimate of drug-likeness (QED) is 0.678. The van der Waals surface area contributed by atoms with Crippen molar-refractivity contribution >= 4 is 28.9 Å². The van der Waals surface area contributed by atoms with Gasteiger partial charge < -0.3 is 10.5 Å². The zero-order valence-corrected chi connectivity index (χ0v) is 10.9. The van der Waals surface area contributed by atoms with Crippen molar-refractivity contribution in [1.29, 1.82) is 0 Å². The highest BCUT2D eigenvalue weighted by Gasteiger charge is 2.18. The molecule has 94 valence electrons. The molecule has 0 heterocycles. The Morgan fingerprint density at radius 1 is 1.41 bits per heavy atom. The van der Waals surface area contributed by atoms with Gasteiger partial charge in [-0.1, -0.05) is 23.2 Å². The van der Waals surface area contributed by atoms with Crippen LogP contribution in [-0.4, -0.2) is 17.1 Å². The Bertz CT molecular complexity index is 421. The molecule has 1 aromatic rings. The van der Waals surface area contributed by atoms with E-state index in [1.807, 2.05) is 0 Å². The summed E-state index contributed by atoms with van der Waals surface area (Å²) in [6.45, 7) is 3.75. The van der Waals surface area contributed by atoms with E-state index in [0.717, 1.165) is 0 Å². The molecule has 0 saturated heterocycles. The molecule has 0 atom stereocenters. The highest BCUT2D eigenvalue weighted by molar-refractivity contribution is 6.37. The molecule has 0 unspecified atom stereocenters. The Morgan fingerprint density at radius 2 is 1.88 bits per heavy atom. The number of rotatable bonds is 4. The van der Waals surface area contributed by atoms with Crippen molar-refractivity contribution in [2.24, 2.45) is 5.73 Å². The maximum atomic E-state index is 10.6. The number of nitro groups is 1. The third-order valence-electron chi connectivity index (χ3n) is 1.78. The average Bonchev–Trinajstić information content (AvgIpc) is 2.14. The second-order valence-electron chi connectivity index (χ2n) is 4.27. The molecular weight excluding hydrogens is 267 g/mol. The molecule has 1 rings (SSSR count).